The summed E-state index contributed by atoms with van der Waals surface area (Å²) < 4.78 is 5.29. The summed E-state index contributed by atoms with van der Waals surface area (Å²) in [5.41, 5.74) is 1.64. The van der Waals surface area contributed by atoms with E-state index in [2.05, 4.69) is 5.32 Å². The van der Waals surface area contributed by atoms with Gasteiger partial charge >= 0.3 is 0 Å². The summed E-state index contributed by atoms with van der Waals surface area (Å²) in [5.74, 6) is 0.192. The Morgan fingerprint density at radius 3 is 2.52 bits per heavy atom. The molecule has 2 heterocycles. The fraction of sp³-hybridized carbons (Fsp3) is 0.600. The third-order valence-corrected chi connectivity index (χ3v) is 5.21. The van der Waals surface area contributed by atoms with Crippen molar-refractivity contribution in [2.75, 3.05) is 31.6 Å². The van der Waals surface area contributed by atoms with Gasteiger partial charge in [-0.15, -0.1) is 11.3 Å². The molecule has 0 bridgehead atoms. The summed E-state index contributed by atoms with van der Waals surface area (Å²) in [6, 6.07) is 0. The zero-order valence-corrected chi connectivity index (χ0v) is 13.2. The van der Waals surface area contributed by atoms with Crippen molar-refractivity contribution in [1.29, 1.82) is 0 Å². The summed E-state index contributed by atoms with van der Waals surface area (Å²) >= 11 is 1.50. The molecule has 21 heavy (non-hydrogen) atoms. The van der Waals surface area contributed by atoms with E-state index < -0.39 is 0 Å². The van der Waals surface area contributed by atoms with Crippen molar-refractivity contribution in [3.63, 3.8) is 0 Å². The Bertz CT molecular complexity index is 572. The van der Waals surface area contributed by atoms with E-state index in [-0.39, 0.29) is 17.7 Å². The summed E-state index contributed by atoms with van der Waals surface area (Å²) in [6.45, 7) is 6.33. The smallest absolute Gasteiger partial charge is 0.257 e. The van der Waals surface area contributed by atoms with Crippen LogP contribution in [0, 0.1) is 19.8 Å². The van der Waals surface area contributed by atoms with E-state index in [1.165, 1.54) is 11.3 Å². The topological polar surface area (TPSA) is 58.6 Å². The lowest BCUT2D eigenvalue weighted by atomic mass is 10.1. The van der Waals surface area contributed by atoms with E-state index in [0.29, 0.717) is 36.9 Å². The second kappa shape index (κ2) is 5.77. The summed E-state index contributed by atoms with van der Waals surface area (Å²) in [6.07, 6.45) is 1.92. The molecule has 0 atom stereocenters. The SMILES string of the molecule is Cc1sc(NC(=O)C2CC2)c(C(=O)N2CCOCC2)c1C. The van der Waals surface area contributed by atoms with E-state index in [9.17, 15) is 9.59 Å². The average molecular weight is 308 g/mol. The summed E-state index contributed by atoms with van der Waals surface area (Å²) in [7, 11) is 0. The third kappa shape index (κ3) is 2.96. The number of ether oxygens (including phenoxy) is 1. The fourth-order valence-corrected chi connectivity index (χ4v) is 3.51. The number of carbonyl (C=O) groups excluding carboxylic acids is 2. The van der Waals surface area contributed by atoms with Crippen LogP contribution in [0.5, 0.6) is 0 Å². The van der Waals surface area contributed by atoms with Crippen LogP contribution < -0.4 is 5.32 Å². The quantitative estimate of drug-likeness (QED) is 0.931. The molecule has 3 rings (SSSR count). The lowest BCUT2D eigenvalue weighted by Gasteiger charge is -2.27. The van der Waals surface area contributed by atoms with Crippen LogP contribution in [-0.4, -0.2) is 43.0 Å². The first kappa shape index (κ1) is 14.5. The maximum atomic E-state index is 12.7. The van der Waals surface area contributed by atoms with Crippen molar-refractivity contribution < 1.29 is 14.3 Å². The molecule has 1 saturated carbocycles. The van der Waals surface area contributed by atoms with Crippen molar-refractivity contribution >= 4 is 28.2 Å². The van der Waals surface area contributed by atoms with Gasteiger partial charge in [0.15, 0.2) is 0 Å². The van der Waals surface area contributed by atoms with Gasteiger partial charge in [0.1, 0.15) is 5.00 Å². The van der Waals surface area contributed by atoms with Gasteiger partial charge < -0.3 is 15.0 Å². The highest BCUT2D eigenvalue weighted by Gasteiger charge is 2.32. The zero-order chi connectivity index (χ0) is 15.0. The molecule has 1 aromatic rings. The van der Waals surface area contributed by atoms with E-state index in [1.807, 2.05) is 18.7 Å². The van der Waals surface area contributed by atoms with E-state index >= 15 is 0 Å². The van der Waals surface area contributed by atoms with Gasteiger partial charge in [-0.3, -0.25) is 9.59 Å². The summed E-state index contributed by atoms with van der Waals surface area (Å²) in [5, 5.41) is 3.66. The fourth-order valence-electron chi connectivity index (χ4n) is 2.46. The largest absolute Gasteiger partial charge is 0.378 e. The Balaban J connectivity index is 1.84. The van der Waals surface area contributed by atoms with Crippen LogP contribution in [0.15, 0.2) is 0 Å². The first-order chi connectivity index (χ1) is 10.1. The van der Waals surface area contributed by atoms with Crippen LogP contribution in [0.2, 0.25) is 0 Å². The maximum Gasteiger partial charge on any atom is 0.257 e. The van der Waals surface area contributed by atoms with Gasteiger partial charge in [-0.25, -0.2) is 0 Å². The zero-order valence-electron chi connectivity index (χ0n) is 12.4. The van der Waals surface area contributed by atoms with Crippen LogP contribution in [0.25, 0.3) is 0 Å². The van der Waals surface area contributed by atoms with Crippen LogP contribution in [-0.2, 0) is 9.53 Å². The van der Waals surface area contributed by atoms with Gasteiger partial charge in [0.2, 0.25) is 5.91 Å². The average Bonchev–Trinajstić information content (AvgIpc) is 3.28. The Labute approximate surface area is 128 Å². The van der Waals surface area contributed by atoms with Crippen molar-refractivity contribution in [2.45, 2.75) is 26.7 Å². The first-order valence-corrected chi connectivity index (χ1v) is 8.17. The number of rotatable bonds is 3. The molecule has 0 unspecified atom stereocenters. The lowest BCUT2D eigenvalue weighted by molar-refractivity contribution is -0.117. The molecule has 0 radical (unpaired) electrons. The normalized spacial score (nSPS) is 18.7. The Morgan fingerprint density at radius 1 is 1.24 bits per heavy atom. The van der Waals surface area contributed by atoms with E-state index in [0.717, 1.165) is 23.3 Å². The van der Waals surface area contributed by atoms with Gasteiger partial charge in [0.05, 0.1) is 18.8 Å². The molecule has 0 spiro atoms. The molecule has 1 saturated heterocycles. The second-order valence-electron chi connectivity index (χ2n) is 5.66. The molecule has 2 aliphatic rings. The third-order valence-electron chi connectivity index (χ3n) is 4.08. The molecule has 1 aliphatic carbocycles. The molecular weight excluding hydrogens is 288 g/mol. The molecule has 2 fully saturated rings. The Morgan fingerprint density at radius 2 is 1.90 bits per heavy atom. The van der Waals surface area contributed by atoms with Crippen molar-refractivity contribution in [3.8, 4) is 0 Å². The number of thiophene rings is 1. The molecule has 5 nitrogen and oxygen atoms in total. The van der Waals surface area contributed by atoms with Crippen LogP contribution >= 0.6 is 11.3 Å². The highest BCUT2D eigenvalue weighted by Crippen LogP contribution is 2.36. The number of amides is 2. The lowest BCUT2D eigenvalue weighted by Crippen LogP contribution is -2.41. The standard InChI is InChI=1S/C15H20N2O3S/c1-9-10(2)21-14(16-13(18)11-3-4-11)12(9)15(19)17-5-7-20-8-6-17/h11H,3-8H2,1-2H3,(H,16,18). The molecule has 114 valence electrons. The van der Waals surface area contributed by atoms with Gasteiger partial charge in [0.25, 0.3) is 5.91 Å². The molecule has 0 aromatic carbocycles. The monoisotopic (exact) mass is 308 g/mol. The molecule has 1 aromatic heterocycles. The number of morpholine rings is 1. The van der Waals surface area contributed by atoms with Crippen LogP contribution in [0.1, 0.15) is 33.6 Å². The number of hydrogen-bond acceptors (Lipinski definition) is 4. The highest BCUT2D eigenvalue weighted by atomic mass is 32.1. The van der Waals surface area contributed by atoms with Crippen LogP contribution in [0.3, 0.4) is 0 Å². The second-order valence-corrected chi connectivity index (χ2v) is 6.88. The number of nitrogens with one attached hydrogen (secondary N) is 1. The van der Waals surface area contributed by atoms with Crippen LogP contribution in [0.4, 0.5) is 5.00 Å². The minimum atomic E-state index is 0.00578. The molecule has 1 aliphatic heterocycles. The van der Waals surface area contributed by atoms with Crippen molar-refractivity contribution in [1.82, 2.24) is 4.90 Å². The molecule has 1 N–H and O–H groups in total. The number of carbonyl (C=O) groups is 2. The van der Waals surface area contributed by atoms with Gasteiger partial charge in [-0.1, -0.05) is 0 Å². The Hall–Kier alpha value is -1.40. The van der Waals surface area contributed by atoms with Crippen molar-refractivity contribution in [3.05, 3.63) is 16.0 Å². The minimum Gasteiger partial charge on any atom is -0.378 e. The predicted molar refractivity (Wildman–Crippen MR) is 81.9 cm³/mol. The minimum absolute atomic E-state index is 0.00578. The summed E-state index contributed by atoms with van der Waals surface area (Å²) in [4.78, 5) is 27.6. The maximum absolute atomic E-state index is 12.7. The number of nitrogens with zero attached hydrogens (tertiary/aromatic N) is 1. The van der Waals surface area contributed by atoms with Crippen molar-refractivity contribution in [2.24, 2.45) is 5.92 Å². The molecule has 6 heteroatoms. The van der Waals surface area contributed by atoms with Gasteiger partial charge in [0, 0.05) is 23.9 Å². The molecular formula is C15H20N2O3S. The van der Waals surface area contributed by atoms with E-state index in [4.69, 9.17) is 4.74 Å². The highest BCUT2D eigenvalue weighted by molar-refractivity contribution is 7.16. The van der Waals surface area contributed by atoms with Gasteiger partial charge in [-0.2, -0.15) is 0 Å². The number of anilines is 1. The first-order valence-electron chi connectivity index (χ1n) is 7.36. The Kier molecular flexibility index (Phi) is 3.99. The molecule has 2 amide bonds. The van der Waals surface area contributed by atoms with E-state index in [1.54, 1.807) is 0 Å². The van der Waals surface area contributed by atoms with Gasteiger partial charge in [-0.05, 0) is 32.3 Å². The predicted octanol–water partition coefficient (Wildman–Crippen LogP) is 2.19. The number of aryl methyl sites for hydroxylation is 1. The number of hydrogen-bond donors (Lipinski definition) is 1.